The highest BCUT2D eigenvalue weighted by Gasteiger charge is 2.58. The number of rotatable bonds is 6. The molecule has 0 aliphatic heterocycles. The minimum absolute atomic E-state index is 0.227. The van der Waals surface area contributed by atoms with Crippen molar-refractivity contribution in [3.05, 3.63) is 22.8 Å². The van der Waals surface area contributed by atoms with Gasteiger partial charge in [-0.05, 0) is 128 Å². The molecule has 3 heteroatoms. The Balaban J connectivity index is 1.60. The first-order valence-electron chi connectivity index (χ1n) is 14.9. The molecule has 0 aromatic heterocycles. The van der Waals surface area contributed by atoms with Crippen molar-refractivity contribution >= 4 is 8.32 Å². The van der Waals surface area contributed by atoms with E-state index < -0.39 is 8.32 Å². The molecule has 1 unspecified atom stereocenters. The summed E-state index contributed by atoms with van der Waals surface area (Å²) >= 11 is 0. The van der Waals surface area contributed by atoms with Gasteiger partial charge in [-0.2, -0.15) is 0 Å². The van der Waals surface area contributed by atoms with Crippen LogP contribution in [0.25, 0.3) is 0 Å². The van der Waals surface area contributed by atoms with Crippen LogP contribution < -0.4 is 5.73 Å². The number of hydrogen-bond donors (Lipinski definition) is 1. The fourth-order valence-corrected chi connectivity index (χ4v) is 10.4. The molecule has 0 radical (unpaired) electrons. The van der Waals surface area contributed by atoms with Crippen molar-refractivity contribution in [2.24, 2.45) is 39.7 Å². The summed E-state index contributed by atoms with van der Waals surface area (Å²) in [6.07, 6.45) is 14.6. The van der Waals surface area contributed by atoms with Crippen LogP contribution in [0.2, 0.25) is 18.1 Å². The first-order valence-corrected chi connectivity index (χ1v) is 17.8. The molecule has 1 fully saturated rings. The predicted molar refractivity (Wildman–Crippen MR) is 154 cm³/mol. The van der Waals surface area contributed by atoms with E-state index in [1.54, 1.807) is 11.1 Å². The number of allylic oxidation sites excluding steroid dienone is 4. The smallest absolute Gasteiger partial charge is 0.192 e. The van der Waals surface area contributed by atoms with E-state index in [0.717, 1.165) is 24.3 Å². The van der Waals surface area contributed by atoms with Crippen LogP contribution in [0.1, 0.15) is 113 Å². The van der Waals surface area contributed by atoms with Crippen molar-refractivity contribution in [2.45, 2.75) is 137 Å². The first-order chi connectivity index (χ1) is 16.1. The molecule has 0 bridgehead atoms. The van der Waals surface area contributed by atoms with Crippen LogP contribution in [-0.4, -0.2) is 21.0 Å². The van der Waals surface area contributed by atoms with Crippen LogP contribution in [0.4, 0.5) is 0 Å². The Kier molecular flexibility index (Phi) is 7.20. The minimum Gasteiger partial charge on any atom is -0.413 e. The quantitative estimate of drug-likeness (QED) is 0.370. The van der Waals surface area contributed by atoms with Crippen LogP contribution in [0, 0.1) is 34.0 Å². The van der Waals surface area contributed by atoms with Gasteiger partial charge in [-0.15, -0.1) is 0 Å². The summed E-state index contributed by atoms with van der Waals surface area (Å²) in [4.78, 5) is 0. The molecule has 0 aromatic carbocycles. The highest BCUT2D eigenvalue weighted by molar-refractivity contribution is 6.74. The van der Waals surface area contributed by atoms with Gasteiger partial charge in [0.25, 0.3) is 0 Å². The average Bonchev–Trinajstić information content (AvgIpc) is 3.10. The summed E-state index contributed by atoms with van der Waals surface area (Å²) in [5.41, 5.74) is 12.2. The monoisotopic (exact) mass is 499 g/mol. The molecule has 2 N–H and O–H groups in total. The predicted octanol–water partition coefficient (Wildman–Crippen LogP) is 9.03. The Hall–Kier alpha value is -0.383. The van der Waals surface area contributed by atoms with E-state index in [1.165, 1.54) is 57.8 Å². The Morgan fingerprint density at radius 3 is 2.37 bits per heavy atom. The lowest BCUT2D eigenvalue weighted by Crippen LogP contribution is -2.57. The van der Waals surface area contributed by atoms with Gasteiger partial charge in [-0.1, -0.05) is 67.0 Å². The van der Waals surface area contributed by atoms with Gasteiger partial charge in [0.05, 0.1) is 6.10 Å². The molecular weight excluding hydrogens is 442 g/mol. The maximum atomic E-state index is 7.15. The van der Waals surface area contributed by atoms with Crippen molar-refractivity contribution in [2.75, 3.05) is 6.54 Å². The normalized spacial score (nSPS) is 37.9. The molecular formula is C32H57NOSi. The van der Waals surface area contributed by atoms with E-state index in [-0.39, 0.29) is 10.5 Å². The second kappa shape index (κ2) is 9.12. The van der Waals surface area contributed by atoms with E-state index in [2.05, 4.69) is 74.6 Å². The van der Waals surface area contributed by atoms with Gasteiger partial charge in [-0.25, -0.2) is 0 Å². The van der Waals surface area contributed by atoms with E-state index in [0.29, 0.717) is 16.9 Å². The van der Waals surface area contributed by atoms with E-state index in [1.807, 2.05) is 5.57 Å². The van der Waals surface area contributed by atoms with Crippen molar-refractivity contribution in [1.29, 1.82) is 0 Å². The zero-order valence-corrected chi connectivity index (χ0v) is 25.9. The van der Waals surface area contributed by atoms with Crippen molar-refractivity contribution in [3.8, 4) is 0 Å². The highest BCUT2D eigenvalue weighted by Crippen LogP contribution is 2.67. The molecule has 200 valence electrons. The number of nitrogens with two attached hydrogens (primary N) is 1. The molecule has 2 nitrogen and oxygen atoms in total. The maximum absolute atomic E-state index is 7.15. The maximum Gasteiger partial charge on any atom is 0.192 e. The van der Waals surface area contributed by atoms with E-state index in [9.17, 15) is 0 Å². The molecule has 6 atom stereocenters. The van der Waals surface area contributed by atoms with Crippen LogP contribution in [-0.2, 0) is 4.43 Å². The van der Waals surface area contributed by atoms with Crippen LogP contribution in [0.15, 0.2) is 22.8 Å². The van der Waals surface area contributed by atoms with Crippen LogP contribution >= 0.6 is 0 Å². The Morgan fingerprint density at radius 2 is 1.74 bits per heavy atom. The van der Waals surface area contributed by atoms with Crippen molar-refractivity contribution < 1.29 is 4.43 Å². The standard InChI is InChI=1S/C32H57NOSi/c1-22(12-11-21-33)24-14-15-25-23-13-16-27-30(5,6)28(34-35(9,10)29(2,3)4)18-20-32(27,8)26(23)17-19-31(24,25)7/h15,22,24,27-28H,11-14,16-21,33H2,1-10H3/t22-,24-,27+,28?,31-,32-/m1/s1. The fourth-order valence-electron chi connectivity index (χ4n) is 8.95. The number of fused-ring (bicyclic) bond motifs is 4. The summed E-state index contributed by atoms with van der Waals surface area (Å²) in [5, 5.41) is 0.271. The lowest BCUT2D eigenvalue weighted by Gasteiger charge is -2.61. The SMILES string of the molecule is C[C@H](CCCN)[C@H]1CC=C2C3=C(CC[C@@]21C)[C@@]1(C)CCC(O[Si](C)(C)C(C)(C)C)C(C)(C)[C@@H]1CC3. The highest BCUT2D eigenvalue weighted by atomic mass is 28.4. The first kappa shape index (κ1) is 27.6. The van der Waals surface area contributed by atoms with Crippen LogP contribution in [0.5, 0.6) is 0 Å². The molecule has 0 aromatic rings. The van der Waals surface area contributed by atoms with Gasteiger partial charge >= 0.3 is 0 Å². The molecule has 4 aliphatic carbocycles. The molecule has 4 rings (SSSR count). The van der Waals surface area contributed by atoms with Gasteiger partial charge in [0, 0.05) is 0 Å². The Labute approximate surface area is 219 Å². The minimum atomic E-state index is -1.78. The molecule has 0 heterocycles. The molecule has 4 aliphatic rings. The van der Waals surface area contributed by atoms with E-state index in [4.69, 9.17) is 10.2 Å². The Bertz CT molecular complexity index is 876. The second-order valence-electron chi connectivity index (χ2n) is 15.5. The van der Waals surface area contributed by atoms with Gasteiger partial charge < -0.3 is 10.2 Å². The fraction of sp³-hybridized carbons (Fsp3) is 0.875. The second-order valence-corrected chi connectivity index (χ2v) is 20.2. The van der Waals surface area contributed by atoms with Gasteiger partial charge in [0.1, 0.15) is 0 Å². The molecule has 35 heavy (non-hydrogen) atoms. The number of hydrogen-bond acceptors (Lipinski definition) is 2. The van der Waals surface area contributed by atoms with Crippen LogP contribution in [0.3, 0.4) is 0 Å². The van der Waals surface area contributed by atoms with Gasteiger partial charge in [0.15, 0.2) is 8.32 Å². The zero-order valence-electron chi connectivity index (χ0n) is 24.9. The third-order valence-electron chi connectivity index (χ3n) is 12.2. The molecule has 0 spiro atoms. The topological polar surface area (TPSA) is 35.2 Å². The lowest BCUT2D eigenvalue weighted by molar-refractivity contribution is -0.0839. The largest absolute Gasteiger partial charge is 0.413 e. The molecule has 1 saturated carbocycles. The van der Waals surface area contributed by atoms with Gasteiger partial charge in [-0.3, -0.25) is 0 Å². The summed E-state index contributed by atoms with van der Waals surface area (Å²) in [7, 11) is -1.78. The summed E-state index contributed by atoms with van der Waals surface area (Å²) in [6, 6.07) is 0. The van der Waals surface area contributed by atoms with Crippen molar-refractivity contribution in [3.63, 3.8) is 0 Å². The third-order valence-corrected chi connectivity index (χ3v) is 16.7. The van der Waals surface area contributed by atoms with Gasteiger partial charge in [0.2, 0.25) is 0 Å². The van der Waals surface area contributed by atoms with E-state index >= 15 is 0 Å². The molecule has 0 saturated heterocycles. The Morgan fingerprint density at radius 1 is 1.06 bits per heavy atom. The molecule has 0 amide bonds. The van der Waals surface area contributed by atoms with Crippen molar-refractivity contribution in [1.82, 2.24) is 0 Å². The zero-order chi connectivity index (χ0) is 26.0. The summed E-state index contributed by atoms with van der Waals surface area (Å²) in [5.74, 6) is 2.30. The lowest BCUT2D eigenvalue weighted by atomic mass is 9.46. The summed E-state index contributed by atoms with van der Waals surface area (Å²) in [6.45, 7) is 25.7. The average molecular weight is 500 g/mol. The summed E-state index contributed by atoms with van der Waals surface area (Å²) < 4.78 is 7.15. The third kappa shape index (κ3) is 4.38.